The number of hydrogen-bond acceptors (Lipinski definition) is 4. The lowest BCUT2D eigenvalue weighted by molar-refractivity contribution is 0.0779. The molecule has 0 bridgehead atoms. The number of amides is 1. The SMILES string of the molecule is Cc1ccccc1CN(C)C(=O)c1ccc2c(=O)n(C)c(=O)n(C)c2n1. The van der Waals surface area contributed by atoms with Crippen LogP contribution < -0.4 is 11.2 Å². The van der Waals surface area contributed by atoms with Crippen molar-refractivity contribution in [3.63, 3.8) is 0 Å². The van der Waals surface area contributed by atoms with Crippen molar-refractivity contribution >= 4 is 16.9 Å². The van der Waals surface area contributed by atoms with E-state index >= 15 is 0 Å². The fourth-order valence-corrected chi connectivity index (χ4v) is 2.88. The van der Waals surface area contributed by atoms with Crippen LogP contribution in [0.25, 0.3) is 11.0 Å². The van der Waals surface area contributed by atoms with Gasteiger partial charge in [0.1, 0.15) is 11.3 Å². The van der Waals surface area contributed by atoms with E-state index in [4.69, 9.17) is 0 Å². The van der Waals surface area contributed by atoms with Crippen molar-refractivity contribution in [3.05, 3.63) is 74.1 Å². The smallest absolute Gasteiger partial charge is 0.332 e. The molecule has 1 aromatic carbocycles. The van der Waals surface area contributed by atoms with Crippen molar-refractivity contribution in [2.75, 3.05) is 7.05 Å². The lowest BCUT2D eigenvalue weighted by Gasteiger charge is -2.18. The van der Waals surface area contributed by atoms with Crippen LogP contribution in [0.4, 0.5) is 0 Å². The maximum atomic E-state index is 12.7. The maximum absolute atomic E-state index is 12.7. The quantitative estimate of drug-likeness (QED) is 0.710. The lowest BCUT2D eigenvalue weighted by atomic mass is 10.1. The summed E-state index contributed by atoms with van der Waals surface area (Å²) in [5.74, 6) is -0.275. The third-order valence-corrected chi connectivity index (χ3v) is 4.54. The van der Waals surface area contributed by atoms with Gasteiger partial charge in [-0.2, -0.15) is 0 Å². The summed E-state index contributed by atoms with van der Waals surface area (Å²) in [5.41, 5.74) is 1.63. The van der Waals surface area contributed by atoms with Crippen LogP contribution in [0.2, 0.25) is 0 Å². The number of hydrogen-bond donors (Lipinski definition) is 0. The zero-order valence-corrected chi connectivity index (χ0v) is 15.2. The van der Waals surface area contributed by atoms with E-state index in [2.05, 4.69) is 4.98 Å². The van der Waals surface area contributed by atoms with Crippen molar-refractivity contribution in [1.82, 2.24) is 19.0 Å². The molecule has 0 N–H and O–H groups in total. The summed E-state index contributed by atoms with van der Waals surface area (Å²) in [7, 11) is 4.64. The summed E-state index contributed by atoms with van der Waals surface area (Å²) < 4.78 is 2.30. The van der Waals surface area contributed by atoms with Crippen molar-refractivity contribution in [2.45, 2.75) is 13.5 Å². The van der Waals surface area contributed by atoms with E-state index in [9.17, 15) is 14.4 Å². The first-order valence-electron chi connectivity index (χ1n) is 8.18. The zero-order valence-electron chi connectivity index (χ0n) is 15.2. The number of nitrogens with zero attached hydrogens (tertiary/aromatic N) is 4. The van der Waals surface area contributed by atoms with Gasteiger partial charge >= 0.3 is 5.69 Å². The molecule has 0 aliphatic heterocycles. The highest BCUT2D eigenvalue weighted by molar-refractivity contribution is 5.94. The number of rotatable bonds is 3. The average molecular weight is 352 g/mol. The first-order valence-corrected chi connectivity index (χ1v) is 8.18. The monoisotopic (exact) mass is 352 g/mol. The second-order valence-electron chi connectivity index (χ2n) is 6.36. The number of aromatic nitrogens is 3. The Labute approximate surface area is 150 Å². The minimum atomic E-state index is -0.479. The number of fused-ring (bicyclic) bond motifs is 1. The second kappa shape index (κ2) is 6.59. The summed E-state index contributed by atoms with van der Waals surface area (Å²) in [5, 5.41) is 0.299. The van der Waals surface area contributed by atoms with E-state index in [1.807, 2.05) is 31.2 Å². The van der Waals surface area contributed by atoms with Gasteiger partial charge < -0.3 is 4.90 Å². The molecule has 7 heteroatoms. The molecule has 26 heavy (non-hydrogen) atoms. The van der Waals surface area contributed by atoms with Crippen LogP contribution in [0.15, 0.2) is 46.0 Å². The number of benzene rings is 1. The van der Waals surface area contributed by atoms with Gasteiger partial charge in [-0.05, 0) is 30.2 Å². The molecule has 0 aliphatic carbocycles. The van der Waals surface area contributed by atoms with E-state index in [-0.39, 0.29) is 17.2 Å². The Morgan fingerprint density at radius 1 is 1.08 bits per heavy atom. The fraction of sp³-hybridized carbons (Fsp3) is 0.263. The molecule has 134 valence electrons. The Balaban J connectivity index is 2.00. The number of carbonyl (C=O) groups excluding carboxylic acids is 1. The van der Waals surface area contributed by atoms with Crippen LogP contribution in [0.5, 0.6) is 0 Å². The predicted octanol–water partition coefficient (Wildman–Crippen LogP) is 1.21. The minimum Gasteiger partial charge on any atom is -0.336 e. The molecule has 0 saturated carbocycles. The van der Waals surface area contributed by atoms with Crippen molar-refractivity contribution in [2.24, 2.45) is 14.1 Å². The molecule has 3 aromatic rings. The molecular weight excluding hydrogens is 332 g/mol. The van der Waals surface area contributed by atoms with Gasteiger partial charge in [-0.3, -0.25) is 18.7 Å². The fourth-order valence-electron chi connectivity index (χ4n) is 2.88. The molecule has 0 atom stereocenters. The highest BCUT2D eigenvalue weighted by atomic mass is 16.2. The molecule has 0 fully saturated rings. The van der Waals surface area contributed by atoms with Crippen molar-refractivity contribution in [1.29, 1.82) is 0 Å². The number of pyridine rings is 1. The van der Waals surface area contributed by atoms with E-state index in [1.54, 1.807) is 18.0 Å². The molecule has 0 spiro atoms. The highest BCUT2D eigenvalue weighted by Crippen LogP contribution is 2.13. The molecular formula is C19H20N4O3. The van der Waals surface area contributed by atoms with Gasteiger partial charge in [-0.25, -0.2) is 9.78 Å². The van der Waals surface area contributed by atoms with Crippen molar-refractivity contribution in [3.8, 4) is 0 Å². The summed E-state index contributed by atoms with van der Waals surface area (Å²) in [6.45, 7) is 2.44. The molecule has 2 heterocycles. The van der Waals surface area contributed by atoms with E-state index in [0.717, 1.165) is 15.7 Å². The third kappa shape index (κ3) is 2.92. The predicted molar refractivity (Wildman–Crippen MR) is 99.2 cm³/mol. The zero-order chi connectivity index (χ0) is 19.0. The van der Waals surface area contributed by atoms with Crippen LogP contribution in [0.3, 0.4) is 0 Å². The third-order valence-electron chi connectivity index (χ3n) is 4.54. The molecule has 0 unspecified atom stereocenters. The summed E-state index contributed by atoms with van der Waals surface area (Å²) in [6.07, 6.45) is 0. The minimum absolute atomic E-state index is 0.192. The van der Waals surface area contributed by atoms with Gasteiger partial charge in [0.2, 0.25) is 0 Å². The molecule has 0 aliphatic rings. The standard InChI is InChI=1S/C19H20N4O3/c1-12-7-5-6-8-13(12)11-21(2)18(25)15-10-9-14-16(20-15)22(3)19(26)23(4)17(14)24/h5-10H,11H2,1-4H3. The van der Waals surface area contributed by atoms with Crippen LogP contribution in [-0.2, 0) is 20.6 Å². The van der Waals surface area contributed by atoms with Crippen LogP contribution in [0, 0.1) is 6.92 Å². The molecule has 1 amide bonds. The topological polar surface area (TPSA) is 77.2 Å². The van der Waals surface area contributed by atoms with Gasteiger partial charge in [0.15, 0.2) is 0 Å². The Hall–Kier alpha value is -3.22. The Morgan fingerprint density at radius 3 is 2.46 bits per heavy atom. The van der Waals surface area contributed by atoms with Crippen LogP contribution in [0.1, 0.15) is 21.6 Å². The van der Waals surface area contributed by atoms with Gasteiger partial charge in [0, 0.05) is 27.7 Å². The molecule has 2 aromatic heterocycles. The molecule has 3 rings (SSSR count). The Morgan fingerprint density at radius 2 is 1.77 bits per heavy atom. The van der Waals surface area contributed by atoms with Crippen LogP contribution in [-0.4, -0.2) is 32.0 Å². The van der Waals surface area contributed by atoms with E-state index < -0.39 is 11.2 Å². The summed E-state index contributed by atoms with van der Waals surface area (Å²) in [6, 6.07) is 10.9. The molecule has 0 saturated heterocycles. The van der Waals surface area contributed by atoms with Crippen LogP contribution >= 0.6 is 0 Å². The van der Waals surface area contributed by atoms with E-state index in [1.165, 1.54) is 24.7 Å². The summed E-state index contributed by atoms with van der Waals surface area (Å²) >= 11 is 0. The number of aryl methyl sites for hydroxylation is 2. The van der Waals surface area contributed by atoms with Gasteiger partial charge in [-0.1, -0.05) is 24.3 Å². The second-order valence-corrected chi connectivity index (χ2v) is 6.36. The number of carbonyl (C=O) groups is 1. The Bertz CT molecular complexity index is 1130. The molecule has 0 radical (unpaired) electrons. The molecule has 7 nitrogen and oxygen atoms in total. The van der Waals surface area contributed by atoms with Crippen molar-refractivity contribution < 1.29 is 4.79 Å². The largest absolute Gasteiger partial charge is 0.336 e. The van der Waals surface area contributed by atoms with Gasteiger partial charge in [0.05, 0.1) is 5.39 Å². The van der Waals surface area contributed by atoms with Gasteiger partial charge in [0.25, 0.3) is 11.5 Å². The Kier molecular flexibility index (Phi) is 4.46. The summed E-state index contributed by atoms with van der Waals surface area (Å²) in [4.78, 5) is 42.9. The van der Waals surface area contributed by atoms with E-state index in [0.29, 0.717) is 11.9 Å². The van der Waals surface area contributed by atoms with Gasteiger partial charge in [-0.15, -0.1) is 0 Å². The highest BCUT2D eigenvalue weighted by Gasteiger charge is 2.17. The normalized spacial score (nSPS) is 10.9. The lowest BCUT2D eigenvalue weighted by Crippen LogP contribution is -2.37. The maximum Gasteiger partial charge on any atom is 0.332 e. The first-order chi connectivity index (χ1) is 12.3. The first kappa shape index (κ1) is 17.6. The average Bonchev–Trinajstić information content (AvgIpc) is 2.65.